The maximum atomic E-state index is 14.6. The van der Waals surface area contributed by atoms with Gasteiger partial charge in [0.05, 0.1) is 23.9 Å². The number of likely N-dealkylation sites (N-methyl/N-ethyl adjacent to an activating group) is 1. The van der Waals surface area contributed by atoms with Gasteiger partial charge in [0, 0.05) is 47.5 Å². The summed E-state index contributed by atoms with van der Waals surface area (Å²) in [6.07, 6.45) is -0.608. The lowest BCUT2D eigenvalue weighted by Crippen LogP contribution is -2.59. The highest BCUT2D eigenvalue weighted by atomic mass is 79.9. The van der Waals surface area contributed by atoms with Crippen LogP contribution >= 0.6 is 15.9 Å². The first-order valence-corrected chi connectivity index (χ1v) is 19.0. The van der Waals surface area contributed by atoms with Crippen LogP contribution in [0.15, 0.2) is 40.4 Å². The Kier molecular flexibility index (Phi) is 13.6. The van der Waals surface area contributed by atoms with E-state index in [0.717, 1.165) is 10.0 Å². The zero-order valence-corrected chi connectivity index (χ0v) is 33.8. The van der Waals surface area contributed by atoms with E-state index in [0.29, 0.717) is 31.4 Å². The van der Waals surface area contributed by atoms with Gasteiger partial charge < -0.3 is 33.7 Å². The molecule has 1 aromatic carbocycles. The number of Topliss-reactive ketones (excluding diaryl/α,β-unsaturated/α-hetero) is 1. The van der Waals surface area contributed by atoms with E-state index in [1.807, 2.05) is 84.8 Å². The number of carbonyl (C=O) groups is 3. The second-order valence-corrected chi connectivity index (χ2v) is 16.4. The zero-order valence-electron chi connectivity index (χ0n) is 32.2. The maximum absolute atomic E-state index is 14.6. The van der Waals surface area contributed by atoms with E-state index in [9.17, 15) is 19.5 Å². The Hall–Kier alpha value is -2.35. The Labute approximate surface area is 312 Å². The third kappa shape index (κ3) is 8.90. The van der Waals surface area contributed by atoms with E-state index in [1.54, 1.807) is 31.9 Å². The first-order chi connectivity index (χ1) is 23.9. The average molecular weight is 780 g/mol. The second-order valence-electron chi connectivity index (χ2n) is 15.5. The van der Waals surface area contributed by atoms with Crippen LogP contribution < -0.4 is 0 Å². The summed E-state index contributed by atoms with van der Waals surface area (Å²) in [4.78, 5) is 45.7. The van der Waals surface area contributed by atoms with Gasteiger partial charge in [-0.1, -0.05) is 61.8 Å². The maximum Gasteiger partial charge on any atom is 0.410 e. The molecule has 0 spiro atoms. The number of methoxy groups -OCH3 is 1. The van der Waals surface area contributed by atoms with Crippen LogP contribution in [0.4, 0.5) is 4.79 Å². The molecule has 0 bridgehead atoms. The van der Waals surface area contributed by atoms with Crippen molar-refractivity contribution in [1.29, 1.82) is 0 Å². The van der Waals surface area contributed by atoms with Crippen LogP contribution in [0.3, 0.4) is 0 Å². The highest BCUT2D eigenvalue weighted by Gasteiger charge is 2.60. The lowest BCUT2D eigenvalue weighted by molar-refractivity contribution is -0.294. The average Bonchev–Trinajstić information content (AvgIpc) is 3.34. The molecule has 12 atom stereocenters. The highest BCUT2D eigenvalue weighted by molar-refractivity contribution is 9.10. The lowest BCUT2D eigenvalue weighted by atomic mass is 9.74. The summed E-state index contributed by atoms with van der Waals surface area (Å²) in [5.74, 6) is -2.28. The zero-order chi connectivity index (χ0) is 38.0. The largest absolute Gasteiger partial charge is 0.455 e. The number of amides is 1. The van der Waals surface area contributed by atoms with E-state index in [2.05, 4.69) is 15.9 Å². The second kappa shape index (κ2) is 16.8. The third-order valence-electron chi connectivity index (χ3n) is 11.3. The minimum Gasteiger partial charge on any atom is -0.455 e. The molecule has 11 nitrogen and oxygen atoms in total. The third-order valence-corrected chi connectivity index (χ3v) is 11.9. The van der Waals surface area contributed by atoms with Crippen molar-refractivity contribution in [2.75, 3.05) is 27.7 Å². The summed E-state index contributed by atoms with van der Waals surface area (Å²) in [7, 11) is 5.41. The predicted molar refractivity (Wildman–Crippen MR) is 197 cm³/mol. The van der Waals surface area contributed by atoms with Gasteiger partial charge in [-0.3, -0.25) is 9.69 Å². The summed E-state index contributed by atoms with van der Waals surface area (Å²) in [5, 5.41) is 11.4. The minimum atomic E-state index is -1.30. The summed E-state index contributed by atoms with van der Waals surface area (Å²) in [6.45, 7) is 15.1. The Morgan fingerprint density at radius 1 is 1.08 bits per heavy atom. The quantitative estimate of drug-likeness (QED) is 0.318. The molecule has 1 N–H and O–H groups in total. The number of halogens is 1. The smallest absolute Gasteiger partial charge is 0.410 e. The van der Waals surface area contributed by atoms with Gasteiger partial charge in [-0.15, -0.1) is 0 Å². The lowest BCUT2D eigenvalue weighted by Gasteiger charge is -2.47. The molecule has 1 amide bonds. The van der Waals surface area contributed by atoms with Crippen LogP contribution in [-0.4, -0.2) is 114 Å². The van der Waals surface area contributed by atoms with Gasteiger partial charge in [-0.25, -0.2) is 9.59 Å². The number of cyclic esters (lactones) is 1. The SMILES string of the molecule is CC[C@H]1OC(=O)/C(C)=C/[C@H](C)[C@@H](O[C@@H]2O[C@H](C)C[C@H](N(C)C)[C@H]2O)[C@](C)(OC)C[C@@H](C)C(=O)[C@H](C)[C@H]2N(CCc3ccc(Br)cc3)C(=O)O[C@]12C. The number of ketones is 1. The van der Waals surface area contributed by atoms with Crippen LogP contribution in [0, 0.1) is 17.8 Å². The molecule has 12 heteroatoms. The van der Waals surface area contributed by atoms with E-state index in [1.165, 1.54) is 0 Å². The molecule has 286 valence electrons. The van der Waals surface area contributed by atoms with E-state index in [4.69, 9.17) is 23.7 Å². The molecule has 0 radical (unpaired) electrons. The Balaban J connectivity index is 1.76. The fourth-order valence-electron chi connectivity index (χ4n) is 8.51. The summed E-state index contributed by atoms with van der Waals surface area (Å²) < 4.78 is 32.4. The van der Waals surface area contributed by atoms with Crippen molar-refractivity contribution in [3.05, 3.63) is 46.0 Å². The van der Waals surface area contributed by atoms with Gasteiger partial charge in [0.1, 0.15) is 18.0 Å². The fraction of sp³-hybridized carbons (Fsp3) is 0.718. The van der Waals surface area contributed by atoms with Gasteiger partial charge in [0.2, 0.25) is 0 Å². The number of esters is 1. The molecule has 3 heterocycles. The van der Waals surface area contributed by atoms with Crippen molar-refractivity contribution < 1.29 is 43.2 Å². The minimum absolute atomic E-state index is 0.0759. The standard InChI is InChI=1S/C39H59BrN2O9/c1-12-30-39(8)33(42(37(46)51-39)18-17-27-13-15-28(40)16-14-27)26(6)31(43)24(4)21-38(7,47-11)34(22(2)19-23(3)35(45)49-30)50-36-32(44)29(41(9)10)20-25(5)48-36/h13-16,19,22,24-26,29-30,32-34,36,44H,12,17-18,20-21H2,1-11H3/b23-19+/t22-,24+,25+,26-,29-,30+,32+,33+,34+,36-,38+,39+/m0/s1. The summed E-state index contributed by atoms with van der Waals surface area (Å²) in [5.41, 5.74) is -0.976. The number of carbonyl (C=O) groups excluding carboxylic acids is 3. The van der Waals surface area contributed by atoms with Gasteiger partial charge in [0.25, 0.3) is 0 Å². The molecule has 2 fully saturated rings. The highest BCUT2D eigenvalue weighted by Crippen LogP contribution is 2.43. The predicted octanol–water partition coefficient (Wildman–Crippen LogP) is 5.94. The number of fused-ring (bicyclic) bond motifs is 1. The number of aliphatic hydroxyl groups is 1. The Morgan fingerprint density at radius 3 is 2.31 bits per heavy atom. The molecule has 1 aromatic rings. The number of nitrogens with zero attached hydrogens (tertiary/aromatic N) is 2. The van der Waals surface area contributed by atoms with Gasteiger partial charge in [0.15, 0.2) is 11.9 Å². The van der Waals surface area contributed by atoms with Crippen LogP contribution in [0.5, 0.6) is 0 Å². The van der Waals surface area contributed by atoms with Crippen LogP contribution in [0.25, 0.3) is 0 Å². The van der Waals surface area contributed by atoms with Crippen molar-refractivity contribution in [2.45, 2.75) is 135 Å². The summed E-state index contributed by atoms with van der Waals surface area (Å²) in [6, 6.07) is 6.97. The fourth-order valence-corrected chi connectivity index (χ4v) is 8.78. The van der Waals surface area contributed by atoms with Gasteiger partial charge in [-0.2, -0.15) is 0 Å². The van der Waals surface area contributed by atoms with E-state index >= 15 is 0 Å². The van der Waals surface area contributed by atoms with Crippen LogP contribution in [-0.2, 0) is 39.7 Å². The van der Waals surface area contributed by atoms with Crippen molar-refractivity contribution in [3.63, 3.8) is 0 Å². The molecule has 4 rings (SSSR count). The molecule has 3 aliphatic rings. The molecule has 0 unspecified atom stereocenters. The first-order valence-electron chi connectivity index (χ1n) is 18.2. The molecule has 3 aliphatic heterocycles. The van der Waals surface area contributed by atoms with Crippen molar-refractivity contribution >= 4 is 33.8 Å². The number of rotatable bonds is 8. The molecular formula is C39H59BrN2O9. The molecule has 51 heavy (non-hydrogen) atoms. The molecule has 2 saturated heterocycles. The Morgan fingerprint density at radius 2 is 1.73 bits per heavy atom. The van der Waals surface area contributed by atoms with E-state index in [-0.39, 0.29) is 24.3 Å². The van der Waals surface area contributed by atoms with E-state index < -0.39 is 71.7 Å². The van der Waals surface area contributed by atoms with Gasteiger partial charge in [-0.05, 0) is 85.2 Å². The van der Waals surface area contributed by atoms with Crippen molar-refractivity contribution in [2.24, 2.45) is 17.8 Å². The molecule has 0 aliphatic carbocycles. The van der Waals surface area contributed by atoms with Crippen molar-refractivity contribution in [3.8, 4) is 0 Å². The first kappa shape index (κ1) is 41.4. The monoisotopic (exact) mass is 778 g/mol. The molecular weight excluding hydrogens is 720 g/mol. The summed E-state index contributed by atoms with van der Waals surface area (Å²) >= 11 is 3.47. The molecule has 0 aromatic heterocycles. The topological polar surface area (TPSA) is 124 Å². The van der Waals surface area contributed by atoms with Crippen molar-refractivity contribution in [1.82, 2.24) is 9.80 Å². The van der Waals surface area contributed by atoms with Crippen LogP contribution in [0.1, 0.15) is 80.2 Å². The van der Waals surface area contributed by atoms with Crippen LogP contribution in [0.2, 0.25) is 0 Å². The normalized spacial score (nSPS) is 39.5. The number of hydrogen-bond acceptors (Lipinski definition) is 10. The number of benzene rings is 1. The number of aliphatic hydroxyl groups excluding tert-OH is 1. The molecule has 0 saturated carbocycles. The Bertz CT molecular complexity index is 1420. The number of ether oxygens (including phenoxy) is 5. The van der Waals surface area contributed by atoms with Gasteiger partial charge >= 0.3 is 12.1 Å². The number of hydrogen-bond donors (Lipinski definition) is 1.